The van der Waals surface area contributed by atoms with Crippen LogP contribution in [0, 0.1) is 5.82 Å². The van der Waals surface area contributed by atoms with E-state index in [1.807, 2.05) is 6.92 Å². The van der Waals surface area contributed by atoms with E-state index in [0.29, 0.717) is 18.8 Å². The summed E-state index contributed by atoms with van der Waals surface area (Å²) in [5.41, 5.74) is 1.03. The second-order valence-corrected chi connectivity index (χ2v) is 4.35. The Kier molecular flexibility index (Phi) is 4.16. The van der Waals surface area contributed by atoms with Gasteiger partial charge in [-0.3, -0.25) is 4.79 Å². The Morgan fingerprint density at radius 1 is 1.37 bits per heavy atom. The number of anilines is 1. The molecule has 6 heteroatoms. The van der Waals surface area contributed by atoms with Gasteiger partial charge in [0, 0.05) is 13.1 Å². The first-order valence-corrected chi connectivity index (χ1v) is 6.23. The first-order valence-electron chi connectivity index (χ1n) is 5.85. The van der Waals surface area contributed by atoms with Gasteiger partial charge in [0.1, 0.15) is 10.8 Å². The molecular formula is C13H13ClFN3O. The fourth-order valence-electron chi connectivity index (χ4n) is 1.61. The number of aromatic nitrogens is 2. The highest BCUT2D eigenvalue weighted by molar-refractivity contribution is 6.32. The minimum Gasteiger partial charge on any atom is -0.378 e. The number of nitrogens with one attached hydrogen (secondary N) is 1. The number of rotatable bonds is 4. The Morgan fingerprint density at radius 3 is 2.68 bits per heavy atom. The van der Waals surface area contributed by atoms with Gasteiger partial charge in [-0.1, -0.05) is 23.7 Å². The monoisotopic (exact) mass is 281 g/mol. The zero-order valence-electron chi connectivity index (χ0n) is 10.4. The van der Waals surface area contributed by atoms with Gasteiger partial charge in [0.25, 0.3) is 5.56 Å². The number of aryl methyl sites for hydroxylation is 1. The van der Waals surface area contributed by atoms with Crippen LogP contribution in [0.25, 0.3) is 0 Å². The fraction of sp³-hybridized carbons (Fsp3) is 0.231. The number of benzene rings is 1. The highest BCUT2D eigenvalue weighted by Gasteiger charge is 2.07. The average Bonchev–Trinajstić information content (AvgIpc) is 2.42. The van der Waals surface area contributed by atoms with Gasteiger partial charge in [0.15, 0.2) is 0 Å². The smallest absolute Gasteiger partial charge is 0.287 e. The van der Waals surface area contributed by atoms with Gasteiger partial charge in [-0.25, -0.2) is 9.07 Å². The number of nitrogens with zero attached hydrogens (tertiary/aromatic N) is 2. The van der Waals surface area contributed by atoms with E-state index in [2.05, 4.69) is 10.4 Å². The van der Waals surface area contributed by atoms with Crippen LogP contribution in [0.5, 0.6) is 0 Å². The van der Waals surface area contributed by atoms with Crippen molar-refractivity contribution in [2.24, 2.45) is 0 Å². The van der Waals surface area contributed by atoms with Crippen LogP contribution < -0.4 is 10.9 Å². The SMILES string of the molecule is CCn1ncc(NCc2ccc(F)cc2)c(Cl)c1=O. The van der Waals surface area contributed by atoms with Crippen molar-refractivity contribution in [3.05, 3.63) is 57.2 Å². The summed E-state index contributed by atoms with van der Waals surface area (Å²) in [4.78, 5) is 11.8. The predicted octanol–water partition coefficient (Wildman–Crippen LogP) is 2.67. The molecular weight excluding hydrogens is 269 g/mol. The molecule has 4 nitrogen and oxygen atoms in total. The molecule has 0 amide bonds. The zero-order chi connectivity index (χ0) is 13.8. The molecule has 19 heavy (non-hydrogen) atoms. The molecule has 0 spiro atoms. The van der Waals surface area contributed by atoms with E-state index >= 15 is 0 Å². The lowest BCUT2D eigenvalue weighted by molar-refractivity contribution is 0.616. The Morgan fingerprint density at radius 2 is 2.05 bits per heavy atom. The lowest BCUT2D eigenvalue weighted by atomic mass is 10.2. The molecule has 0 unspecified atom stereocenters. The molecule has 2 rings (SSSR count). The zero-order valence-corrected chi connectivity index (χ0v) is 11.1. The average molecular weight is 282 g/mol. The van der Waals surface area contributed by atoms with Crippen LogP contribution in [0.3, 0.4) is 0 Å². The van der Waals surface area contributed by atoms with Crippen LogP contribution in [0.15, 0.2) is 35.3 Å². The van der Waals surface area contributed by atoms with Crippen LogP contribution >= 0.6 is 11.6 Å². The third-order valence-electron chi connectivity index (χ3n) is 2.68. The highest BCUT2D eigenvalue weighted by Crippen LogP contribution is 2.16. The molecule has 0 aliphatic carbocycles. The molecule has 0 aliphatic heterocycles. The second-order valence-electron chi connectivity index (χ2n) is 3.97. The van der Waals surface area contributed by atoms with Crippen molar-refractivity contribution in [2.75, 3.05) is 5.32 Å². The van der Waals surface area contributed by atoms with Gasteiger partial charge < -0.3 is 5.32 Å². The van der Waals surface area contributed by atoms with Gasteiger partial charge >= 0.3 is 0 Å². The summed E-state index contributed by atoms with van der Waals surface area (Å²) in [5, 5.41) is 7.10. The van der Waals surface area contributed by atoms with Crippen molar-refractivity contribution >= 4 is 17.3 Å². The molecule has 0 saturated heterocycles. The Labute approximate surface area is 114 Å². The highest BCUT2D eigenvalue weighted by atomic mass is 35.5. The molecule has 1 aromatic heterocycles. The molecule has 1 heterocycles. The molecule has 0 fully saturated rings. The van der Waals surface area contributed by atoms with E-state index in [1.165, 1.54) is 23.0 Å². The molecule has 0 aliphatic rings. The summed E-state index contributed by atoms with van der Waals surface area (Å²) in [5.74, 6) is -0.283. The second kappa shape index (κ2) is 5.84. The topological polar surface area (TPSA) is 46.9 Å². The van der Waals surface area contributed by atoms with Gasteiger partial charge in [-0.05, 0) is 24.6 Å². The van der Waals surface area contributed by atoms with Crippen molar-refractivity contribution < 1.29 is 4.39 Å². The minimum atomic E-state index is -0.326. The maximum absolute atomic E-state index is 12.8. The first kappa shape index (κ1) is 13.5. The van der Waals surface area contributed by atoms with Gasteiger partial charge in [-0.15, -0.1) is 0 Å². The molecule has 1 aromatic carbocycles. The summed E-state index contributed by atoms with van der Waals surface area (Å²) >= 11 is 5.97. The molecule has 0 bridgehead atoms. The van der Waals surface area contributed by atoms with Crippen LogP contribution in [0.2, 0.25) is 5.02 Å². The van der Waals surface area contributed by atoms with Crippen molar-refractivity contribution in [1.29, 1.82) is 0 Å². The van der Waals surface area contributed by atoms with Crippen molar-refractivity contribution in [3.63, 3.8) is 0 Å². The van der Waals surface area contributed by atoms with Crippen molar-refractivity contribution in [2.45, 2.75) is 20.0 Å². The summed E-state index contributed by atoms with van der Waals surface area (Å²) in [6.07, 6.45) is 1.51. The Hall–Kier alpha value is -1.88. The third kappa shape index (κ3) is 3.12. The number of halogens is 2. The number of hydrogen-bond acceptors (Lipinski definition) is 3. The molecule has 0 saturated carbocycles. The normalized spacial score (nSPS) is 10.5. The van der Waals surface area contributed by atoms with Crippen LogP contribution in [0.4, 0.5) is 10.1 Å². The van der Waals surface area contributed by atoms with Gasteiger partial charge in [-0.2, -0.15) is 5.10 Å². The van der Waals surface area contributed by atoms with Crippen molar-refractivity contribution in [1.82, 2.24) is 9.78 Å². The molecule has 0 radical (unpaired) electrons. The molecule has 1 N–H and O–H groups in total. The first-order chi connectivity index (χ1) is 9.11. The summed E-state index contributed by atoms with van der Waals surface area (Å²) in [7, 11) is 0. The van der Waals surface area contributed by atoms with E-state index < -0.39 is 0 Å². The van der Waals surface area contributed by atoms with E-state index in [1.54, 1.807) is 12.1 Å². The summed E-state index contributed by atoms with van der Waals surface area (Å²) in [6, 6.07) is 6.09. The number of hydrogen-bond donors (Lipinski definition) is 1. The Balaban J connectivity index is 2.14. The summed E-state index contributed by atoms with van der Waals surface area (Å²) in [6.45, 7) is 2.73. The predicted molar refractivity (Wildman–Crippen MR) is 72.9 cm³/mol. The molecule has 2 aromatic rings. The quantitative estimate of drug-likeness (QED) is 0.937. The molecule has 0 atom stereocenters. The van der Waals surface area contributed by atoms with E-state index in [4.69, 9.17) is 11.6 Å². The Bertz CT molecular complexity index is 625. The minimum absolute atomic E-state index is 0.110. The van der Waals surface area contributed by atoms with Crippen molar-refractivity contribution in [3.8, 4) is 0 Å². The van der Waals surface area contributed by atoms with Crippen LogP contribution in [0.1, 0.15) is 12.5 Å². The van der Waals surface area contributed by atoms with E-state index in [9.17, 15) is 9.18 Å². The largest absolute Gasteiger partial charge is 0.378 e. The lowest BCUT2D eigenvalue weighted by Crippen LogP contribution is -2.23. The lowest BCUT2D eigenvalue weighted by Gasteiger charge is -2.09. The van der Waals surface area contributed by atoms with Crippen LogP contribution in [-0.4, -0.2) is 9.78 Å². The standard InChI is InChI=1S/C13H13ClFN3O/c1-2-18-13(19)12(14)11(8-17-18)16-7-9-3-5-10(15)6-4-9/h3-6,8,16H,2,7H2,1H3. The van der Waals surface area contributed by atoms with Crippen LogP contribution in [-0.2, 0) is 13.1 Å². The third-order valence-corrected chi connectivity index (χ3v) is 3.05. The van der Waals surface area contributed by atoms with E-state index in [-0.39, 0.29) is 16.4 Å². The summed E-state index contributed by atoms with van der Waals surface area (Å²) < 4.78 is 14.0. The van der Waals surface area contributed by atoms with Gasteiger partial charge in [0.05, 0.1) is 11.9 Å². The fourth-order valence-corrected chi connectivity index (χ4v) is 1.83. The molecule has 100 valence electrons. The van der Waals surface area contributed by atoms with Gasteiger partial charge in [0.2, 0.25) is 0 Å². The maximum Gasteiger partial charge on any atom is 0.287 e. The maximum atomic E-state index is 12.8. The van der Waals surface area contributed by atoms with E-state index in [0.717, 1.165) is 5.56 Å².